The van der Waals surface area contributed by atoms with Crippen LogP contribution in [-0.2, 0) is 29.1 Å². The van der Waals surface area contributed by atoms with Crippen LogP contribution in [0.25, 0.3) is 10.9 Å². The van der Waals surface area contributed by atoms with Gasteiger partial charge in [0.25, 0.3) is 0 Å². The second-order valence-electron chi connectivity index (χ2n) is 7.40. The van der Waals surface area contributed by atoms with Gasteiger partial charge in [0, 0.05) is 42.5 Å². The lowest BCUT2D eigenvalue weighted by Gasteiger charge is -2.18. The molecular weight excluding hydrogens is 404 g/mol. The Labute approximate surface area is 185 Å². The number of ether oxygens (including phenoxy) is 1. The number of hydrogen-bond donors (Lipinski definition) is 3. The highest BCUT2D eigenvalue weighted by Crippen LogP contribution is 2.19. The summed E-state index contributed by atoms with van der Waals surface area (Å²) in [6.07, 6.45) is 4.91. The molecule has 0 aliphatic heterocycles. The van der Waals surface area contributed by atoms with Crippen LogP contribution in [0.1, 0.15) is 16.7 Å². The number of rotatable bonds is 8. The molecule has 1 atom stereocenters. The minimum atomic E-state index is -0.797. The highest BCUT2D eigenvalue weighted by Gasteiger charge is 2.23. The molecule has 0 saturated heterocycles. The van der Waals surface area contributed by atoms with Gasteiger partial charge >= 0.3 is 6.09 Å². The van der Waals surface area contributed by atoms with Crippen molar-refractivity contribution in [1.29, 1.82) is 0 Å². The average Bonchev–Trinajstić information content (AvgIpc) is 3.25. The van der Waals surface area contributed by atoms with E-state index in [1.54, 1.807) is 12.4 Å². The molecule has 0 bridgehead atoms. The van der Waals surface area contributed by atoms with Crippen molar-refractivity contribution in [1.82, 2.24) is 20.6 Å². The number of alkyl carbamates (subject to hydrolysis) is 1. The fraction of sp³-hybridized carbons (Fsp3) is 0.160. The van der Waals surface area contributed by atoms with Crippen molar-refractivity contribution in [2.45, 2.75) is 25.6 Å². The van der Waals surface area contributed by atoms with Crippen LogP contribution < -0.4 is 10.6 Å². The molecular formula is C25H24N4O3. The van der Waals surface area contributed by atoms with E-state index in [4.69, 9.17) is 4.74 Å². The Kier molecular flexibility index (Phi) is 6.77. The van der Waals surface area contributed by atoms with E-state index in [9.17, 15) is 9.59 Å². The van der Waals surface area contributed by atoms with Crippen molar-refractivity contribution in [3.63, 3.8) is 0 Å². The monoisotopic (exact) mass is 428 g/mol. The van der Waals surface area contributed by atoms with Crippen molar-refractivity contribution < 1.29 is 14.3 Å². The first-order valence-electron chi connectivity index (χ1n) is 10.4. The second kappa shape index (κ2) is 10.3. The Morgan fingerprint density at radius 1 is 0.969 bits per heavy atom. The lowest BCUT2D eigenvalue weighted by molar-refractivity contribution is -0.123. The molecule has 0 aliphatic rings. The summed E-state index contributed by atoms with van der Waals surface area (Å²) >= 11 is 0. The van der Waals surface area contributed by atoms with E-state index in [1.165, 1.54) is 0 Å². The van der Waals surface area contributed by atoms with Crippen LogP contribution in [-0.4, -0.2) is 28.0 Å². The number of para-hydroxylation sites is 1. The zero-order chi connectivity index (χ0) is 22.2. The lowest BCUT2D eigenvalue weighted by atomic mass is 10.0. The van der Waals surface area contributed by atoms with Crippen LogP contribution in [0.15, 0.2) is 85.3 Å². The number of hydrogen-bond acceptors (Lipinski definition) is 4. The second-order valence-corrected chi connectivity index (χ2v) is 7.40. The van der Waals surface area contributed by atoms with Crippen LogP contribution in [0.5, 0.6) is 0 Å². The molecule has 3 N–H and O–H groups in total. The van der Waals surface area contributed by atoms with E-state index < -0.39 is 12.1 Å². The lowest BCUT2D eigenvalue weighted by Crippen LogP contribution is -2.48. The van der Waals surface area contributed by atoms with Gasteiger partial charge in [0.2, 0.25) is 5.91 Å². The van der Waals surface area contributed by atoms with Gasteiger partial charge in [0.1, 0.15) is 12.6 Å². The first kappa shape index (κ1) is 21.1. The first-order chi connectivity index (χ1) is 15.7. The van der Waals surface area contributed by atoms with Gasteiger partial charge in [-0.15, -0.1) is 0 Å². The van der Waals surface area contributed by atoms with E-state index in [0.29, 0.717) is 13.0 Å². The molecule has 2 amide bonds. The number of aromatic nitrogens is 2. The minimum Gasteiger partial charge on any atom is -0.445 e. The maximum Gasteiger partial charge on any atom is 0.408 e. The number of carbonyl (C=O) groups excluding carboxylic acids is 2. The standard InChI is InChI=1S/C25H24N4O3/c30-24(28-15-19-9-6-12-26-14-19)23(13-20-16-27-22-11-5-4-10-21(20)22)29-25(31)32-17-18-7-2-1-3-8-18/h1-12,14,16,23,27H,13,15,17H2,(H,28,30)(H,29,31)/t23-/m0/s1. The SMILES string of the molecule is O=C(N[C@@H](Cc1c[nH]c2ccccc12)C(=O)NCc1cccnc1)OCc1ccccc1. The predicted octanol–water partition coefficient (Wildman–Crippen LogP) is 3.72. The van der Waals surface area contributed by atoms with Gasteiger partial charge in [-0.05, 0) is 28.8 Å². The molecule has 0 unspecified atom stereocenters. The highest BCUT2D eigenvalue weighted by molar-refractivity contribution is 5.88. The van der Waals surface area contributed by atoms with Gasteiger partial charge in [-0.25, -0.2) is 4.79 Å². The number of nitrogens with one attached hydrogen (secondary N) is 3. The van der Waals surface area contributed by atoms with Gasteiger partial charge < -0.3 is 20.4 Å². The summed E-state index contributed by atoms with van der Waals surface area (Å²) in [4.78, 5) is 32.7. The molecule has 2 aromatic heterocycles. The number of aromatic amines is 1. The van der Waals surface area contributed by atoms with E-state index in [-0.39, 0.29) is 12.5 Å². The van der Waals surface area contributed by atoms with Crippen molar-refractivity contribution in [2.75, 3.05) is 0 Å². The number of amides is 2. The van der Waals surface area contributed by atoms with Crippen molar-refractivity contribution in [2.24, 2.45) is 0 Å². The molecule has 7 nitrogen and oxygen atoms in total. The zero-order valence-corrected chi connectivity index (χ0v) is 17.5. The van der Waals surface area contributed by atoms with E-state index in [0.717, 1.165) is 27.6 Å². The number of pyridine rings is 1. The molecule has 0 saturated carbocycles. The fourth-order valence-corrected chi connectivity index (χ4v) is 3.45. The third-order valence-electron chi connectivity index (χ3n) is 5.11. The summed E-state index contributed by atoms with van der Waals surface area (Å²) in [5.74, 6) is -0.296. The fourth-order valence-electron chi connectivity index (χ4n) is 3.45. The summed E-state index contributed by atoms with van der Waals surface area (Å²) in [6, 6.07) is 20.1. The topological polar surface area (TPSA) is 96.1 Å². The molecule has 2 aromatic carbocycles. The number of benzene rings is 2. The Morgan fingerprint density at radius 3 is 2.56 bits per heavy atom. The third kappa shape index (κ3) is 5.51. The number of fused-ring (bicyclic) bond motifs is 1. The zero-order valence-electron chi connectivity index (χ0n) is 17.5. The molecule has 4 rings (SSSR count). The van der Waals surface area contributed by atoms with Gasteiger partial charge in [-0.2, -0.15) is 0 Å². The largest absolute Gasteiger partial charge is 0.445 e. The Bertz CT molecular complexity index is 1180. The minimum absolute atomic E-state index is 0.129. The molecule has 162 valence electrons. The van der Waals surface area contributed by atoms with Crippen LogP contribution in [0.4, 0.5) is 4.79 Å². The Hall–Kier alpha value is -4.13. The maximum atomic E-state index is 13.0. The highest BCUT2D eigenvalue weighted by atomic mass is 16.5. The summed E-state index contributed by atoms with van der Waals surface area (Å²) in [5, 5.41) is 6.61. The number of nitrogens with zero attached hydrogens (tertiary/aromatic N) is 1. The van der Waals surface area contributed by atoms with E-state index >= 15 is 0 Å². The maximum absolute atomic E-state index is 13.0. The Morgan fingerprint density at radius 2 is 1.75 bits per heavy atom. The first-order valence-corrected chi connectivity index (χ1v) is 10.4. The molecule has 0 aliphatic carbocycles. The summed E-state index contributed by atoms with van der Waals surface area (Å²) < 4.78 is 5.33. The normalized spacial score (nSPS) is 11.6. The quantitative estimate of drug-likeness (QED) is 0.399. The summed E-state index contributed by atoms with van der Waals surface area (Å²) in [5.41, 5.74) is 3.66. The predicted molar refractivity (Wildman–Crippen MR) is 122 cm³/mol. The van der Waals surface area contributed by atoms with Crippen LogP contribution in [0.2, 0.25) is 0 Å². The van der Waals surface area contributed by atoms with Crippen LogP contribution in [0.3, 0.4) is 0 Å². The molecule has 0 radical (unpaired) electrons. The van der Waals surface area contributed by atoms with Gasteiger partial charge in [0.15, 0.2) is 0 Å². The van der Waals surface area contributed by atoms with Crippen molar-refractivity contribution in [3.05, 3.63) is 102 Å². The van der Waals surface area contributed by atoms with Gasteiger partial charge in [-0.3, -0.25) is 9.78 Å². The summed E-state index contributed by atoms with van der Waals surface area (Å²) in [6.45, 7) is 0.446. The molecule has 7 heteroatoms. The molecule has 2 heterocycles. The Balaban J connectivity index is 1.45. The van der Waals surface area contributed by atoms with Gasteiger partial charge in [0.05, 0.1) is 0 Å². The third-order valence-corrected chi connectivity index (χ3v) is 5.11. The molecule has 0 spiro atoms. The number of H-pyrrole nitrogens is 1. The van der Waals surface area contributed by atoms with Crippen LogP contribution in [0, 0.1) is 0 Å². The summed E-state index contributed by atoms with van der Waals surface area (Å²) in [7, 11) is 0. The number of carbonyl (C=O) groups is 2. The van der Waals surface area contributed by atoms with E-state index in [2.05, 4.69) is 20.6 Å². The van der Waals surface area contributed by atoms with Crippen molar-refractivity contribution in [3.8, 4) is 0 Å². The molecule has 32 heavy (non-hydrogen) atoms. The van der Waals surface area contributed by atoms with Crippen molar-refractivity contribution >= 4 is 22.9 Å². The average molecular weight is 428 g/mol. The van der Waals surface area contributed by atoms with E-state index in [1.807, 2.05) is 72.9 Å². The van der Waals surface area contributed by atoms with Gasteiger partial charge in [-0.1, -0.05) is 54.6 Å². The molecule has 4 aromatic rings. The smallest absolute Gasteiger partial charge is 0.408 e. The van der Waals surface area contributed by atoms with Crippen LogP contribution >= 0.6 is 0 Å². The molecule has 0 fully saturated rings.